The Morgan fingerprint density at radius 3 is 2.54 bits per heavy atom. The Hall–Kier alpha value is -0.820. The number of nitrogens with zero attached hydrogens (tertiary/aromatic N) is 1. The maximum Gasteiger partial charge on any atom is 0.191 e. The summed E-state index contributed by atoms with van der Waals surface area (Å²) in [5.41, 5.74) is 1.26. The highest BCUT2D eigenvalue weighted by Gasteiger charge is 2.24. The van der Waals surface area contributed by atoms with Gasteiger partial charge in [-0.1, -0.05) is 43.2 Å². The largest absolute Gasteiger partial charge is 0.378 e. The van der Waals surface area contributed by atoms with Gasteiger partial charge in [-0.15, -0.1) is 24.0 Å². The topological polar surface area (TPSA) is 45.6 Å². The maximum absolute atomic E-state index is 5.97. The Morgan fingerprint density at radius 2 is 1.92 bits per heavy atom. The molecule has 0 amide bonds. The summed E-state index contributed by atoms with van der Waals surface area (Å²) >= 11 is 0. The summed E-state index contributed by atoms with van der Waals surface area (Å²) in [5, 5.41) is 6.77. The van der Waals surface area contributed by atoms with Crippen LogP contribution in [0.4, 0.5) is 0 Å². The standard InChI is InChI=1S/C19H31N3O.HI/c1-3-23-18(17-11-7-8-12-17)13-14-21-19(20-2)22-15-16-9-5-4-6-10-16;/h4-6,9-10,17-18H,3,7-8,11-15H2,1-2H3,(H2,20,21,22);1H. The van der Waals surface area contributed by atoms with E-state index in [9.17, 15) is 0 Å². The van der Waals surface area contributed by atoms with Gasteiger partial charge in [0.1, 0.15) is 0 Å². The van der Waals surface area contributed by atoms with Gasteiger partial charge in [0.2, 0.25) is 0 Å². The van der Waals surface area contributed by atoms with E-state index in [1.54, 1.807) is 0 Å². The van der Waals surface area contributed by atoms with Gasteiger partial charge in [0.05, 0.1) is 6.10 Å². The van der Waals surface area contributed by atoms with E-state index in [-0.39, 0.29) is 24.0 Å². The Bertz CT molecular complexity index is 461. The van der Waals surface area contributed by atoms with Crippen LogP contribution in [-0.4, -0.2) is 32.3 Å². The van der Waals surface area contributed by atoms with Crippen molar-refractivity contribution in [3.63, 3.8) is 0 Å². The first-order valence-corrected chi connectivity index (χ1v) is 8.93. The number of rotatable bonds is 8. The van der Waals surface area contributed by atoms with E-state index in [2.05, 4.69) is 46.8 Å². The fourth-order valence-electron chi connectivity index (χ4n) is 3.33. The average Bonchev–Trinajstić information content (AvgIpc) is 3.12. The molecule has 1 aliphatic carbocycles. The number of benzene rings is 1. The van der Waals surface area contributed by atoms with Gasteiger partial charge in [0.15, 0.2) is 5.96 Å². The molecule has 5 heteroatoms. The normalized spacial score (nSPS) is 16.5. The molecule has 0 radical (unpaired) electrons. The number of guanidine groups is 1. The van der Waals surface area contributed by atoms with Crippen molar-refractivity contribution in [2.45, 2.75) is 51.7 Å². The number of hydrogen-bond donors (Lipinski definition) is 2. The lowest BCUT2D eigenvalue weighted by atomic mass is 9.98. The Labute approximate surface area is 163 Å². The predicted octanol–water partition coefficient (Wildman–Crippen LogP) is 3.96. The minimum absolute atomic E-state index is 0. The van der Waals surface area contributed by atoms with Crippen molar-refractivity contribution in [1.29, 1.82) is 0 Å². The Balaban J connectivity index is 0.00000288. The van der Waals surface area contributed by atoms with Gasteiger partial charge >= 0.3 is 0 Å². The van der Waals surface area contributed by atoms with E-state index in [4.69, 9.17) is 4.74 Å². The first-order chi connectivity index (χ1) is 11.3. The molecule has 2 N–H and O–H groups in total. The van der Waals surface area contributed by atoms with Crippen molar-refractivity contribution >= 4 is 29.9 Å². The molecule has 0 saturated heterocycles. The molecule has 2 rings (SSSR count). The molecule has 24 heavy (non-hydrogen) atoms. The second-order valence-corrected chi connectivity index (χ2v) is 6.17. The smallest absolute Gasteiger partial charge is 0.191 e. The monoisotopic (exact) mass is 445 g/mol. The molecule has 0 aromatic heterocycles. The Kier molecular flexibility index (Phi) is 11.1. The third-order valence-electron chi connectivity index (χ3n) is 4.55. The number of hydrogen-bond acceptors (Lipinski definition) is 2. The van der Waals surface area contributed by atoms with Crippen LogP contribution in [0.1, 0.15) is 44.6 Å². The van der Waals surface area contributed by atoms with Crippen LogP contribution in [0.3, 0.4) is 0 Å². The van der Waals surface area contributed by atoms with Gasteiger partial charge in [0, 0.05) is 26.7 Å². The van der Waals surface area contributed by atoms with Gasteiger partial charge in [-0.3, -0.25) is 4.99 Å². The highest BCUT2D eigenvalue weighted by molar-refractivity contribution is 14.0. The van der Waals surface area contributed by atoms with Crippen molar-refractivity contribution in [2.75, 3.05) is 20.2 Å². The highest BCUT2D eigenvalue weighted by Crippen LogP contribution is 2.30. The minimum atomic E-state index is 0. The average molecular weight is 445 g/mol. The molecule has 1 aromatic rings. The van der Waals surface area contributed by atoms with Crippen LogP contribution in [0.5, 0.6) is 0 Å². The van der Waals surface area contributed by atoms with Gasteiger partial charge < -0.3 is 15.4 Å². The number of nitrogens with one attached hydrogen (secondary N) is 2. The van der Waals surface area contributed by atoms with Crippen LogP contribution >= 0.6 is 24.0 Å². The van der Waals surface area contributed by atoms with Crippen molar-refractivity contribution in [2.24, 2.45) is 10.9 Å². The third kappa shape index (κ3) is 7.38. The van der Waals surface area contributed by atoms with E-state index in [0.29, 0.717) is 6.10 Å². The molecule has 1 atom stereocenters. The lowest BCUT2D eigenvalue weighted by Gasteiger charge is -2.24. The molecule has 1 saturated carbocycles. The number of ether oxygens (including phenoxy) is 1. The quantitative estimate of drug-likeness (QED) is 0.362. The van der Waals surface area contributed by atoms with E-state index >= 15 is 0 Å². The summed E-state index contributed by atoms with van der Waals surface area (Å²) < 4.78 is 5.97. The van der Waals surface area contributed by atoms with Crippen LogP contribution in [0, 0.1) is 5.92 Å². The van der Waals surface area contributed by atoms with Crippen molar-refractivity contribution in [3.8, 4) is 0 Å². The second kappa shape index (κ2) is 12.5. The van der Waals surface area contributed by atoms with Crippen molar-refractivity contribution < 1.29 is 4.74 Å². The van der Waals surface area contributed by atoms with E-state index in [1.807, 2.05) is 13.1 Å². The summed E-state index contributed by atoms with van der Waals surface area (Å²) in [4.78, 5) is 4.30. The summed E-state index contributed by atoms with van der Waals surface area (Å²) in [7, 11) is 1.82. The molecule has 0 heterocycles. The number of halogens is 1. The van der Waals surface area contributed by atoms with Crippen LogP contribution in [0.2, 0.25) is 0 Å². The predicted molar refractivity (Wildman–Crippen MR) is 112 cm³/mol. The van der Waals surface area contributed by atoms with Gasteiger partial charge in [0.25, 0.3) is 0 Å². The summed E-state index contributed by atoms with van der Waals surface area (Å²) in [6, 6.07) is 10.4. The summed E-state index contributed by atoms with van der Waals surface area (Å²) in [6.07, 6.45) is 6.81. The molecule has 0 aliphatic heterocycles. The first kappa shape index (κ1) is 21.2. The fraction of sp³-hybridized carbons (Fsp3) is 0.632. The molecular weight excluding hydrogens is 413 g/mol. The zero-order valence-corrected chi connectivity index (χ0v) is 17.3. The fourth-order valence-corrected chi connectivity index (χ4v) is 3.33. The molecular formula is C19H32IN3O. The maximum atomic E-state index is 5.97. The van der Waals surface area contributed by atoms with E-state index in [0.717, 1.165) is 38.0 Å². The van der Waals surface area contributed by atoms with Crippen LogP contribution in [-0.2, 0) is 11.3 Å². The van der Waals surface area contributed by atoms with E-state index < -0.39 is 0 Å². The SMILES string of the molecule is CCOC(CCNC(=NC)NCc1ccccc1)C1CCCC1.I. The zero-order valence-electron chi connectivity index (χ0n) is 15.0. The molecule has 1 fully saturated rings. The van der Waals surface area contributed by atoms with Crippen LogP contribution in [0.25, 0.3) is 0 Å². The van der Waals surface area contributed by atoms with Gasteiger partial charge in [-0.2, -0.15) is 0 Å². The first-order valence-electron chi connectivity index (χ1n) is 8.93. The summed E-state index contributed by atoms with van der Waals surface area (Å²) in [5.74, 6) is 1.60. The molecule has 0 bridgehead atoms. The van der Waals surface area contributed by atoms with Gasteiger partial charge in [-0.25, -0.2) is 0 Å². The molecule has 0 spiro atoms. The lowest BCUT2D eigenvalue weighted by Crippen LogP contribution is -2.39. The van der Waals surface area contributed by atoms with Crippen molar-refractivity contribution in [1.82, 2.24) is 10.6 Å². The minimum Gasteiger partial charge on any atom is -0.378 e. The van der Waals surface area contributed by atoms with Crippen LogP contribution < -0.4 is 10.6 Å². The lowest BCUT2D eigenvalue weighted by molar-refractivity contribution is 0.0169. The second-order valence-electron chi connectivity index (χ2n) is 6.17. The molecule has 4 nitrogen and oxygen atoms in total. The third-order valence-corrected chi connectivity index (χ3v) is 4.55. The zero-order chi connectivity index (χ0) is 16.3. The van der Waals surface area contributed by atoms with Crippen LogP contribution in [0.15, 0.2) is 35.3 Å². The highest BCUT2D eigenvalue weighted by atomic mass is 127. The number of aliphatic imine (C=N–C) groups is 1. The molecule has 1 aromatic carbocycles. The molecule has 136 valence electrons. The molecule has 1 unspecified atom stereocenters. The summed E-state index contributed by atoms with van der Waals surface area (Å²) in [6.45, 7) is 4.59. The van der Waals surface area contributed by atoms with Crippen molar-refractivity contribution in [3.05, 3.63) is 35.9 Å². The molecule has 1 aliphatic rings. The van der Waals surface area contributed by atoms with E-state index in [1.165, 1.54) is 31.2 Å². The van der Waals surface area contributed by atoms with Gasteiger partial charge in [-0.05, 0) is 37.7 Å². The Morgan fingerprint density at radius 1 is 1.21 bits per heavy atom.